The Morgan fingerprint density at radius 1 is 1.30 bits per heavy atom. The average Bonchev–Trinajstić information content (AvgIpc) is 2.73. The molecule has 2 rings (SSSR count). The molecule has 20 heavy (non-hydrogen) atoms. The number of ether oxygens (including phenoxy) is 2. The van der Waals surface area contributed by atoms with Crippen LogP contribution in [-0.2, 0) is 0 Å². The van der Waals surface area contributed by atoms with Crippen LogP contribution >= 0.6 is 22.6 Å². The van der Waals surface area contributed by atoms with Crippen LogP contribution in [0.2, 0.25) is 0 Å². The molecule has 0 aliphatic rings. The molecule has 0 aliphatic carbocycles. The molecule has 0 aliphatic heterocycles. The third-order valence-electron chi connectivity index (χ3n) is 3.30. The Kier molecular flexibility index (Phi) is 4.42. The maximum Gasteiger partial charge on any atom is 0.136 e. The normalized spacial score (nSPS) is 12.2. The van der Waals surface area contributed by atoms with Gasteiger partial charge in [-0.1, -0.05) is 0 Å². The van der Waals surface area contributed by atoms with Crippen molar-refractivity contribution in [1.29, 1.82) is 0 Å². The molecular weight excluding hydrogens is 369 g/mol. The van der Waals surface area contributed by atoms with Gasteiger partial charge in [-0.15, -0.1) is 0 Å². The zero-order valence-corrected chi connectivity index (χ0v) is 14.1. The predicted molar refractivity (Wildman–Crippen MR) is 87.5 cm³/mol. The Hall–Kier alpha value is -1.44. The molecule has 1 heterocycles. The summed E-state index contributed by atoms with van der Waals surface area (Å²) in [5, 5.41) is 4.50. The molecule has 0 fully saturated rings. The highest BCUT2D eigenvalue weighted by atomic mass is 127. The minimum absolute atomic E-state index is 0.0157. The van der Waals surface area contributed by atoms with Crippen LogP contribution in [-0.4, -0.2) is 24.0 Å². The van der Waals surface area contributed by atoms with E-state index in [9.17, 15) is 0 Å². The van der Waals surface area contributed by atoms with Gasteiger partial charge in [-0.25, -0.2) is 4.68 Å². The minimum atomic E-state index is -0.0157. The number of anilines is 1. The average molecular weight is 387 g/mol. The van der Waals surface area contributed by atoms with E-state index in [4.69, 9.17) is 15.2 Å². The van der Waals surface area contributed by atoms with Crippen molar-refractivity contribution in [2.75, 3.05) is 20.0 Å². The third-order valence-corrected chi connectivity index (χ3v) is 4.64. The highest BCUT2D eigenvalue weighted by molar-refractivity contribution is 14.1. The summed E-state index contributed by atoms with van der Waals surface area (Å²) >= 11 is 2.21. The minimum Gasteiger partial charge on any atom is -0.497 e. The van der Waals surface area contributed by atoms with Crippen LogP contribution in [0.1, 0.15) is 24.2 Å². The Labute approximate surface area is 132 Å². The number of aromatic nitrogens is 2. The molecule has 0 amide bonds. The lowest BCUT2D eigenvalue weighted by atomic mass is 10.1. The molecule has 0 saturated carbocycles. The molecular formula is C14H18IN3O2. The van der Waals surface area contributed by atoms with Crippen LogP contribution in [0.3, 0.4) is 0 Å². The number of nitrogen functional groups attached to an aromatic ring is 1. The number of nitrogens with zero attached hydrogens (tertiary/aromatic N) is 2. The fourth-order valence-electron chi connectivity index (χ4n) is 2.14. The highest BCUT2D eigenvalue weighted by Gasteiger charge is 2.19. The van der Waals surface area contributed by atoms with E-state index in [1.165, 1.54) is 0 Å². The van der Waals surface area contributed by atoms with E-state index < -0.39 is 0 Å². The van der Waals surface area contributed by atoms with E-state index in [-0.39, 0.29) is 6.04 Å². The van der Waals surface area contributed by atoms with Gasteiger partial charge in [0.15, 0.2) is 0 Å². The maximum atomic E-state index is 6.12. The zero-order chi connectivity index (χ0) is 14.9. The maximum absolute atomic E-state index is 6.12. The molecule has 1 aromatic heterocycles. The molecule has 6 heteroatoms. The first-order chi connectivity index (χ1) is 9.49. The van der Waals surface area contributed by atoms with Crippen molar-refractivity contribution >= 4 is 28.4 Å². The summed E-state index contributed by atoms with van der Waals surface area (Å²) in [5.74, 6) is 2.20. The number of methoxy groups -OCH3 is 2. The molecule has 0 spiro atoms. The number of hydrogen-bond donors (Lipinski definition) is 1. The van der Waals surface area contributed by atoms with Crippen LogP contribution in [0.4, 0.5) is 5.82 Å². The second-order valence-corrected chi connectivity index (χ2v) is 5.59. The van der Waals surface area contributed by atoms with Crippen molar-refractivity contribution in [2.45, 2.75) is 19.9 Å². The number of benzene rings is 1. The van der Waals surface area contributed by atoms with E-state index in [0.717, 1.165) is 26.3 Å². The molecule has 1 atom stereocenters. The van der Waals surface area contributed by atoms with Crippen molar-refractivity contribution in [2.24, 2.45) is 0 Å². The van der Waals surface area contributed by atoms with Gasteiger partial charge in [0.1, 0.15) is 17.3 Å². The van der Waals surface area contributed by atoms with Crippen LogP contribution < -0.4 is 15.2 Å². The molecule has 1 unspecified atom stereocenters. The lowest BCUT2D eigenvalue weighted by Crippen LogP contribution is -2.13. The van der Waals surface area contributed by atoms with Crippen LogP contribution in [0, 0.1) is 10.5 Å². The summed E-state index contributed by atoms with van der Waals surface area (Å²) in [6, 6.07) is 5.74. The molecule has 0 saturated heterocycles. The van der Waals surface area contributed by atoms with Gasteiger partial charge in [0, 0.05) is 11.6 Å². The van der Waals surface area contributed by atoms with Gasteiger partial charge in [-0.3, -0.25) is 0 Å². The molecule has 2 aromatic rings. The largest absolute Gasteiger partial charge is 0.497 e. The van der Waals surface area contributed by atoms with Gasteiger partial charge in [-0.05, 0) is 48.6 Å². The van der Waals surface area contributed by atoms with Crippen molar-refractivity contribution in [3.05, 3.63) is 33.0 Å². The first kappa shape index (κ1) is 15.0. The molecule has 2 N–H and O–H groups in total. The van der Waals surface area contributed by atoms with Gasteiger partial charge in [0.05, 0.1) is 29.5 Å². The lowest BCUT2D eigenvalue weighted by molar-refractivity contribution is 0.385. The third kappa shape index (κ3) is 2.56. The SMILES string of the molecule is COc1ccc(C(C)n2nc(C)c(I)c2N)c(OC)c1. The van der Waals surface area contributed by atoms with Crippen LogP contribution in [0.15, 0.2) is 18.2 Å². The van der Waals surface area contributed by atoms with Crippen molar-refractivity contribution in [3.8, 4) is 11.5 Å². The second kappa shape index (κ2) is 5.90. The standard InChI is InChI=1S/C14H18IN3O2/c1-8-13(15)14(16)18(17-8)9(2)11-6-5-10(19-3)7-12(11)20-4/h5-7,9H,16H2,1-4H3. The molecule has 0 radical (unpaired) electrons. The summed E-state index contributed by atoms with van der Waals surface area (Å²) in [6.45, 7) is 4.00. The Bertz CT molecular complexity index is 625. The number of hydrogen-bond acceptors (Lipinski definition) is 4. The zero-order valence-electron chi connectivity index (χ0n) is 12.0. The molecule has 0 bridgehead atoms. The Balaban J connectivity index is 2.47. The van der Waals surface area contributed by atoms with Gasteiger partial charge in [-0.2, -0.15) is 5.10 Å². The quantitative estimate of drug-likeness (QED) is 0.820. The van der Waals surface area contributed by atoms with Gasteiger partial charge < -0.3 is 15.2 Å². The van der Waals surface area contributed by atoms with Crippen molar-refractivity contribution in [1.82, 2.24) is 9.78 Å². The van der Waals surface area contributed by atoms with Crippen LogP contribution in [0.5, 0.6) is 11.5 Å². The van der Waals surface area contributed by atoms with Crippen molar-refractivity contribution < 1.29 is 9.47 Å². The summed E-state index contributed by atoms with van der Waals surface area (Å²) in [6.07, 6.45) is 0. The van der Waals surface area contributed by atoms with E-state index in [2.05, 4.69) is 27.7 Å². The first-order valence-corrected chi connectivity index (χ1v) is 7.29. The van der Waals surface area contributed by atoms with E-state index in [0.29, 0.717) is 5.82 Å². The molecule has 108 valence electrons. The van der Waals surface area contributed by atoms with E-state index in [1.807, 2.05) is 36.7 Å². The molecule has 5 nitrogen and oxygen atoms in total. The van der Waals surface area contributed by atoms with E-state index >= 15 is 0 Å². The van der Waals surface area contributed by atoms with Gasteiger partial charge in [0.25, 0.3) is 0 Å². The second-order valence-electron chi connectivity index (χ2n) is 4.51. The number of nitrogens with two attached hydrogens (primary N) is 1. The summed E-state index contributed by atoms with van der Waals surface area (Å²) in [5.41, 5.74) is 8.06. The lowest BCUT2D eigenvalue weighted by Gasteiger charge is -2.18. The highest BCUT2D eigenvalue weighted by Crippen LogP contribution is 2.33. The van der Waals surface area contributed by atoms with Crippen LogP contribution in [0.25, 0.3) is 0 Å². The fraction of sp³-hybridized carbons (Fsp3) is 0.357. The van der Waals surface area contributed by atoms with Gasteiger partial charge >= 0.3 is 0 Å². The first-order valence-electron chi connectivity index (χ1n) is 6.21. The monoisotopic (exact) mass is 387 g/mol. The van der Waals surface area contributed by atoms with Crippen molar-refractivity contribution in [3.63, 3.8) is 0 Å². The Morgan fingerprint density at radius 3 is 2.50 bits per heavy atom. The summed E-state index contributed by atoms with van der Waals surface area (Å²) in [4.78, 5) is 0. The summed E-state index contributed by atoms with van der Waals surface area (Å²) in [7, 11) is 3.28. The molecule has 1 aromatic carbocycles. The van der Waals surface area contributed by atoms with E-state index in [1.54, 1.807) is 14.2 Å². The number of aryl methyl sites for hydroxylation is 1. The Morgan fingerprint density at radius 2 is 2.00 bits per heavy atom. The number of rotatable bonds is 4. The number of halogens is 1. The topological polar surface area (TPSA) is 62.3 Å². The fourth-order valence-corrected chi connectivity index (χ4v) is 2.49. The predicted octanol–water partition coefficient (Wildman–Crippen LogP) is 3.00. The van der Waals surface area contributed by atoms with Gasteiger partial charge in [0.2, 0.25) is 0 Å². The smallest absolute Gasteiger partial charge is 0.136 e. The summed E-state index contributed by atoms with van der Waals surface area (Å²) < 4.78 is 13.5.